The summed E-state index contributed by atoms with van der Waals surface area (Å²) in [6, 6.07) is 1.12. The van der Waals surface area contributed by atoms with Gasteiger partial charge in [0.25, 0.3) is 11.0 Å². The Morgan fingerprint density at radius 3 is 2.18 bits per heavy atom. The molecule has 0 rings (SSSR count). The Balaban J connectivity index is 3.29. The number of hydrogen-bond donors (Lipinski definition) is 1. The van der Waals surface area contributed by atoms with Gasteiger partial charge in [-0.15, -0.1) is 0 Å². The lowest BCUT2D eigenvalue weighted by molar-refractivity contribution is 0.332. The maximum absolute atomic E-state index is 9.95. The van der Waals surface area contributed by atoms with Crippen molar-refractivity contribution in [2.45, 2.75) is 32.1 Å². The summed E-state index contributed by atoms with van der Waals surface area (Å²) in [5.74, 6) is 0. The summed E-state index contributed by atoms with van der Waals surface area (Å²) in [6.45, 7) is 7.11. The van der Waals surface area contributed by atoms with Gasteiger partial charge in [0.15, 0.2) is 0 Å². The Hall–Kier alpha value is 0.127. The molecule has 0 unspecified atom stereocenters. The van der Waals surface area contributed by atoms with Crippen molar-refractivity contribution in [2.75, 3.05) is 6.61 Å². The molecule has 0 bridgehead atoms. The van der Waals surface area contributed by atoms with E-state index >= 15 is 0 Å². The highest BCUT2D eigenvalue weighted by Gasteiger charge is 2.11. The summed E-state index contributed by atoms with van der Waals surface area (Å²) < 4.78 is 24.3. The van der Waals surface area contributed by atoms with E-state index in [4.69, 9.17) is 0 Å². The van der Waals surface area contributed by atoms with Crippen molar-refractivity contribution in [2.24, 2.45) is 0 Å². The first-order valence-electron chi connectivity index (χ1n) is 3.69. The van der Waals surface area contributed by atoms with Crippen molar-refractivity contribution in [3.63, 3.8) is 0 Å². The maximum atomic E-state index is 9.95. The molecule has 0 saturated heterocycles. The van der Waals surface area contributed by atoms with Crippen LogP contribution in [-0.4, -0.2) is 23.1 Å². The summed E-state index contributed by atoms with van der Waals surface area (Å²) in [5, 5.41) is 0. The van der Waals surface area contributed by atoms with Gasteiger partial charge in [0.2, 0.25) is 0 Å². The Morgan fingerprint density at radius 1 is 1.27 bits per heavy atom. The minimum Gasteiger partial charge on any atom is -0.272 e. The van der Waals surface area contributed by atoms with E-state index in [1.807, 2.05) is 0 Å². The van der Waals surface area contributed by atoms with Gasteiger partial charge in [-0.1, -0.05) is 25.7 Å². The van der Waals surface area contributed by atoms with E-state index in [-0.39, 0.29) is 0 Å². The summed E-state index contributed by atoms with van der Waals surface area (Å²) in [5.41, 5.74) is 0. The van der Waals surface area contributed by atoms with Crippen molar-refractivity contribution in [1.82, 2.24) is 0 Å². The van der Waals surface area contributed by atoms with E-state index < -0.39 is 19.1 Å². The second kappa shape index (κ2) is 4.90. The molecule has 0 radical (unpaired) electrons. The number of thiol groups is 1. The van der Waals surface area contributed by atoms with Crippen LogP contribution in [0.2, 0.25) is 25.7 Å². The third kappa shape index (κ3) is 10.1. The van der Waals surface area contributed by atoms with Gasteiger partial charge in [0.05, 0.1) is 6.61 Å². The number of rotatable bonds is 5. The molecule has 5 heteroatoms. The quantitative estimate of drug-likeness (QED) is 0.409. The van der Waals surface area contributed by atoms with Crippen LogP contribution >= 0.6 is 0 Å². The van der Waals surface area contributed by atoms with E-state index in [1.54, 1.807) is 0 Å². The minimum atomic E-state index is -2.63. The summed E-state index contributed by atoms with van der Waals surface area (Å²) in [7, 11) is -3.64. The Morgan fingerprint density at radius 2 is 1.82 bits per heavy atom. The van der Waals surface area contributed by atoms with Crippen LogP contribution in [-0.2, 0) is 15.2 Å². The molecule has 0 aromatic heterocycles. The molecule has 3 nitrogen and oxygen atoms in total. The normalized spacial score (nSPS) is 12.4. The fraction of sp³-hybridized carbons (Fsp3) is 1.00. The molecule has 0 aliphatic rings. The third-order valence-corrected chi connectivity index (χ3v) is 3.51. The first-order valence-corrected chi connectivity index (χ1v) is 8.49. The molecule has 68 valence electrons. The van der Waals surface area contributed by atoms with Crippen LogP contribution in [0.1, 0.15) is 6.42 Å². The molecule has 0 aliphatic heterocycles. The molecule has 0 aromatic carbocycles. The summed E-state index contributed by atoms with van der Waals surface area (Å²) in [4.78, 5) is 0. The van der Waals surface area contributed by atoms with Gasteiger partial charge in [-0.3, -0.25) is 4.18 Å². The Kier molecular flexibility index (Phi) is 4.95. The maximum Gasteiger partial charge on any atom is 0.257 e. The monoisotopic (exact) mass is 196 g/mol. The van der Waals surface area contributed by atoms with Crippen LogP contribution in [0.15, 0.2) is 0 Å². The molecule has 0 amide bonds. The van der Waals surface area contributed by atoms with E-state index in [9.17, 15) is 8.42 Å². The van der Waals surface area contributed by atoms with Gasteiger partial charge in [-0.2, -0.15) is 0 Å². The molecular weight excluding hydrogens is 180 g/mol. The van der Waals surface area contributed by atoms with E-state index in [2.05, 4.69) is 23.8 Å². The van der Waals surface area contributed by atoms with Crippen LogP contribution in [0, 0.1) is 0 Å². The Bertz CT molecular complexity index is 163. The topological polar surface area (TPSA) is 43.4 Å². The smallest absolute Gasteiger partial charge is 0.257 e. The van der Waals surface area contributed by atoms with Crippen LogP contribution < -0.4 is 0 Å². The second-order valence-electron chi connectivity index (χ2n) is 3.72. The fourth-order valence-corrected chi connectivity index (χ4v) is 2.22. The van der Waals surface area contributed by atoms with Gasteiger partial charge in [0.1, 0.15) is 0 Å². The van der Waals surface area contributed by atoms with Gasteiger partial charge < -0.3 is 0 Å². The highest BCUT2D eigenvalue weighted by molar-refractivity contribution is 7.67. The van der Waals surface area contributed by atoms with Gasteiger partial charge in [-0.25, -0.2) is 8.42 Å². The van der Waals surface area contributed by atoms with Crippen LogP contribution in [0.4, 0.5) is 0 Å². The fourth-order valence-electron chi connectivity index (χ4n) is 0.742. The minimum absolute atomic E-state index is 0.350. The Labute approximate surface area is 70.9 Å². The molecule has 0 atom stereocenters. The van der Waals surface area contributed by atoms with Gasteiger partial charge >= 0.3 is 0 Å². The predicted octanol–water partition coefficient (Wildman–Crippen LogP) is 1.26. The zero-order valence-corrected chi connectivity index (χ0v) is 9.19. The van der Waals surface area contributed by atoms with Crippen molar-refractivity contribution in [3.8, 4) is 0 Å². The van der Waals surface area contributed by atoms with Crippen molar-refractivity contribution in [3.05, 3.63) is 0 Å². The third-order valence-electron chi connectivity index (χ3n) is 1.27. The molecule has 11 heavy (non-hydrogen) atoms. The summed E-state index contributed by atoms with van der Waals surface area (Å²) in [6.07, 6.45) is 0.860. The molecule has 0 saturated carbocycles. The highest BCUT2D eigenvalue weighted by atomic mass is 32.2. The first-order chi connectivity index (χ1) is 4.92. The zero-order chi connectivity index (χ0) is 8.91. The second-order valence-corrected chi connectivity index (χ2v) is 10.0. The van der Waals surface area contributed by atoms with Gasteiger partial charge in [0, 0.05) is 8.07 Å². The standard InChI is InChI=1S/C6H16O3SSi/c1-11(2,3)6-4-5-9-10(7)8/h10H,4-6H2,1-3H3. The van der Waals surface area contributed by atoms with Crippen LogP contribution in [0.5, 0.6) is 0 Å². The lowest BCUT2D eigenvalue weighted by atomic mass is 10.5. The zero-order valence-electron chi connectivity index (χ0n) is 7.29. The molecule has 0 spiro atoms. The lowest BCUT2D eigenvalue weighted by Crippen LogP contribution is -2.19. The molecule has 0 aliphatic carbocycles. The molecule has 0 aromatic rings. The van der Waals surface area contributed by atoms with E-state index in [0.29, 0.717) is 6.61 Å². The van der Waals surface area contributed by atoms with Crippen molar-refractivity contribution in [1.29, 1.82) is 0 Å². The van der Waals surface area contributed by atoms with Gasteiger partial charge in [-0.05, 0) is 6.42 Å². The van der Waals surface area contributed by atoms with E-state index in [0.717, 1.165) is 12.5 Å². The first kappa shape index (κ1) is 11.1. The average molecular weight is 196 g/mol. The van der Waals surface area contributed by atoms with Crippen molar-refractivity contribution >= 4 is 19.1 Å². The molecule has 0 fully saturated rings. The number of hydrogen-bond acceptors (Lipinski definition) is 3. The molecule has 0 heterocycles. The average Bonchev–Trinajstić information content (AvgIpc) is 1.78. The molecular formula is C6H16O3SSi. The predicted molar refractivity (Wildman–Crippen MR) is 49.0 cm³/mol. The summed E-state index contributed by atoms with van der Waals surface area (Å²) >= 11 is 0. The van der Waals surface area contributed by atoms with E-state index in [1.165, 1.54) is 0 Å². The highest BCUT2D eigenvalue weighted by Crippen LogP contribution is 2.10. The SMILES string of the molecule is C[Si](C)(C)CCCO[SH](=O)=O. The molecule has 0 N–H and O–H groups in total. The van der Waals surface area contributed by atoms with Crippen molar-refractivity contribution < 1.29 is 12.6 Å². The largest absolute Gasteiger partial charge is 0.272 e. The lowest BCUT2D eigenvalue weighted by Gasteiger charge is -2.13. The van der Waals surface area contributed by atoms with Crippen LogP contribution in [0.25, 0.3) is 0 Å². The van der Waals surface area contributed by atoms with Crippen LogP contribution in [0.3, 0.4) is 0 Å².